The zero-order chi connectivity index (χ0) is 20.9. The average Bonchev–Trinajstić information content (AvgIpc) is 3.26. The summed E-state index contributed by atoms with van der Waals surface area (Å²) in [5.41, 5.74) is 8.61. The number of aromatic hydroxyl groups is 1. The van der Waals surface area contributed by atoms with Crippen LogP contribution in [-0.4, -0.2) is 25.7 Å². The van der Waals surface area contributed by atoms with Gasteiger partial charge in [-0.2, -0.15) is 0 Å². The molecule has 2 atom stereocenters. The number of nitrogens with zero attached hydrogens (tertiary/aromatic N) is 2. The van der Waals surface area contributed by atoms with Crippen LogP contribution >= 0.6 is 23.2 Å². The van der Waals surface area contributed by atoms with E-state index in [1.807, 2.05) is 0 Å². The first-order chi connectivity index (χ1) is 13.8. The molecule has 1 aliphatic carbocycles. The molecule has 0 saturated heterocycles. The molecule has 4 N–H and O–H groups in total. The standard InChI is InChI=1S/C21H21Cl2N3O3/c1-10-14(9-27)18(12-6-5-11(22)7-15(12)23)19-16(25-10)8-26(21(19)29)17-4-2-3-13(17)20(24)28/h5-8,13,17,27,29H,2-4,9H2,1H3,(H2,24,28)/t13-,17?/m1/s1. The Hall–Kier alpha value is -2.28. The second kappa shape index (κ2) is 7.52. The molecule has 1 saturated carbocycles. The summed E-state index contributed by atoms with van der Waals surface area (Å²) in [6.45, 7) is 1.54. The summed E-state index contributed by atoms with van der Waals surface area (Å²) in [6.07, 6.45) is 4.04. The van der Waals surface area contributed by atoms with Crippen LogP contribution in [0.2, 0.25) is 10.0 Å². The summed E-state index contributed by atoms with van der Waals surface area (Å²) in [6, 6.07) is 4.86. The van der Waals surface area contributed by atoms with Crippen LogP contribution in [0.4, 0.5) is 0 Å². The van der Waals surface area contributed by atoms with Gasteiger partial charge in [0.1, 0.15) is 0 Å². The van der Waals surface area contributed by atoms with Crippen molar-refractivity contribution in [3.63, 3.8) is 0 Å². The molecule has 6 nitrogen and oxygen atoms in total. The molecule has 1 unspecified atom stereocenters. The van der Waals surface area contributed by atoms with Crippen molar-refractivity contribution in [2.24, 2.45) is 11.7 Å². The van der Waals surface area contributed by atoms with E-state index in [2.05, 4.69) is 4.98 Å². The van der Waals surface area contributed by atoms with Gasteiger partial charge >= 0.3 is 0 Å². The predicted octanol–water partition coefficient (Wildman–Crippen LogP) is 4.34. The number of primary amides is 1. The summed E-state index contributed by atoms with van der Waals surface area (Å²) in [5, 5.41) is 22.6. The molecule has 0 radical (unpaired) electrons. The number of carbonyl (C=O) groups excluding carboxylic acids is 1. The number of rotatable bonds is 4. The molecule has 29 heavy (non-hydrogen) atoms. The zero-order valence-corrected chi connectivity index (χ0v) is 17.3. The van der Waals surface area contributed by atoms with Gasteiger partial charge in [-0.25, -0.2) is 0 Å². The fraction of sp³-hybridized carbons (Fsp3) is 0.333. The lowest BCUT2D eigenvalue weighted by molar-refractivity contribution is -0.122. The maximum Gasteiger partial charge on any atom is 0.222 e. The topological polar surface area (TPSA) is 101 Å². The number of nitrogens with two attached hydrogens (primary N) is 1. The van der Waals surface area contributed by atoms with Gasteiger partial charge in [-0.05, 0) is 31.9 Å². The van der Waals surface area contributed by atoms with Crippen LogP contribution in [-0.2, 0) is 11.4 Å². The number of aryl methyl sites for hydroxylation is 1. The Bertz CT molecular complexity index is 1130. The van der Waals surface area contributed by atoms with Crippen LogP contribution in [0.5, 0.6) is 5.88 Å². The van der Waals surface area contributed by atoms with E-state index < -0.39 is 0 Å². The first kappa shape index (κ1) is 20.0. The lowest BCUT2D eigenvalue weighted by atomic mass is 9.96. The third-order valence-corrected chi connectivity index (χ3v) is 6.37. The van der Waals surface area contributed by atoms with Crippen LogP contribution in [0, 0.1) is 12.8 Å². The Balaban J connectivity index is 2.02. The summed E-state index contributed by atoms with van der Waals surface area (Å²) in [7, 11) is 0. The van der Waals surface area contributed by atoms with Crippen molar-refractivity contribution in [1.29, 1.82) is 0 Å². The van der Waals surface area contributed by atoms with E-state index in [1.54, 1.807) is 35.9 Å². The molecule has 1 aliphatic rings. The van der Waals surface area contributed by atoms with Crippen molar-refractivity contribution in [2.75, 3.05) is 0 Å². The molecule has 2 aromatic heterocycles. The van der Waals surface area contributed by atoms with Crippen molar-refractivity contribution < 1.29 is 15.0 Å². The number of pyridine rings is 1. The van der Waals surface area contributed by atoms with E-state index in [0.717, 1.165) is 12.8 Å². The fourth-order valence-electron chi connectivity index (χ4n) is 4.45. The van der Waals surface area contributed by atoms with Crippen LogP contribution in [0.3, 0.4) is 0 Å². The molecule has 3 aromatic rings. The third-order valence-electron chi connectivity index (χ3n) is 5.82. The van der Waals surface area contributed by atoms with Crippen LogP contribution < -0.4 is 5.73 Å². The van der Waals surface area contributed by atoms with Gasteiger partial charge in [0.25, 0.3) is 0 Å². The normalized spacial score (nSPS) is 19.2. The van der Waals surface area contributed by atoms with Crippen LogP contribution in [0.25, 0.3) is 22.0 Å². The molecule has 1 aromatic carbocycles. The molecule has 0 bridgehead atoms. The lowest BCUT2D eigenvalue weighted by Crippen LogP contribution is -2.27. The highest BCUT2D eigenvalue weighted by atomic mass is 35.5. The van der Waals surface area contributed by atoms with Gasteiger partial charge in [-0.3, -0.25) is 9.78 Å². The number of fused-ring (bicyclic) bond motifs is 1. The molecule has 4 rings (SSSR count). The number of aromatic nitrogens is 2. The predicted molar refractivity (Wildman–Crippen MR) is 113 cm³/mol. The Morgan fingerprint density at radius 3 is 2.76 bits per heavy atom. The van der Waals surface area contributed by atoms with E-state index in [-0.39, 0.29) is 30.4 Å². The van der Waals surface area contributed by atoms with Gasteiger partial charge in [-0.15, -0.1) is 0 Å². The second-order valence-corrected chi connectivity index (χ2v) is 8.30. The minimum atomic E-state index is -0.370. The number of carbonyl (C=O) groups is 1. The van der Waals surface area contributed by atoms with Gasteiger partial charge in [0.2, 0.25) is 11.8 Å². The molecule has 152 valence electrons. The summed E-state index contributed by atoms with van der Waals surface area (Å²) in [4.78, 5) is 16.5. The highest BCUT2D eigenvalue weighted by Gasteiger charge is 2.35. The molecular formula is C21H21Cl2N3O3. The maximum absolute atomic E-state index is 11.9. The Morgan fingerprint density at radius 1 is 1.34 bits per heavy atom. The number of benzene rings is 1. The quantitative estimate of drug-likeness (QED) is 0.569. The van der Waals surface area contributed by atoms with Gasteiger partial charge in [-0.1, -0.05) is 35.7 Å². The summed E-state index contributed by atoms with van der Waals surface area (Å²) < 4.78 is 1.69. The molecule has 8 heteroatoms. The highest BCUT2D eigenvalue weighted by molar-refractivity contribution is 6.36. The molecular weight excluding hydrogens is 413 g/mol. The minimum absolute atomic E-state index is 0.0126. The SMILES string of the molecule is Cc1nc2cn(C3CCC[C@H]3C(N)=O)c(O)c2c(-c2ccc(Cl)cc2Cl)c1CO. The summed E-state index contributed by atoms with van der Waals surface area (Å²) in [5.74, 6) is -0.726. The largest absolute Gasteiger partial charge is 0.494 e. The minimum Gasteiger partial charge on any atom is -0.494 e. The number of amides is 1. The van der Waals surface area contributed by atoms with Gasteiger partial charge in [0, 0.05) is 44.7 Å². The second-order valence-electron chi connectivity index (χ2n) is 7.46. The molecule has 1 fully saturated rings. The molecule has 0 aliphatic heterocycles. The van der Waals surface area contributed by atoms with Crippen LogP contribution in [0.15, 0.2) is 24.4 Å². The number of aliphatic hydroxyl groups is 1. The van der Waals surface area contributed by atoms with E-state index in [0.29, 0.717) is 49.8 Å². The Kier molecular flexibility index (Phi) is 5.19. The lowest BCUT2D eigenvalue weighted by Gasteiger charge is -2.19. The smallest absolute Gasteiger partial charge is 0.222 e. The fourth-order valence-corrected chi connectivity index (χ4v) is 4.95. The van der Waals surface area contributed by atoms with E-state index in [9.17, 15) is 15.0 Å². The number of hydrogen-bond donors (Lipinski definition) is 3. The van der Waals surface area contributed by atoms with E-state index in [4.69, 9.17) is 28.9 Å². The first-order valence-corrected chi connectivity index (χ1v) is 10.2. The van der Waals surface area contributed by atoms with Crippen LogP contribution in [0.1, 0.15) is 36.6 Å². The Morgan fingerprint density at radius 2 is 2.10 bits per heavy atom. The molecule has 1 amide bonds. The van der Waals surface area contributed by atoms with Gasteiger partial charge in [0.05, 0.1) is 23.4 Å². The van der Waals surface area contributed by atoms with E-state index in [1.165, 1.54) is 0 Å². The highest BCUT2D eigenvalue weighted by Crippen LogP contribution is 2.46. The van der Waals surface area contributed by atoms with Gasteiger partial charge < -0.3 is 20.5 Å². The first-order valence-electron chi connectivity index (χ1n) is 9.42. The number of aliphatic hydroxyl groups excluding tert-OH is 1. The third kappa shape index (κ3) is 3.25. The molecule has 0 spiro atoms. The van der Waals surface area contributed by atoms with Crippen molar-refractivity contribution in [3.05, 3.63) is 45.7 Å². The number of halogens is 2. The maximum atomic E-state index is 11.9. The Labute approximate surface area is 177 Å². The zero-order valence-electron chi connectivity index (χ0n) is 15.8. The van der Waals surface area contributed by atoms with E-state index >= 15 is 0 Å². The van der Waals surface area contributed by atoms with Crippen molar-refractivity contribution in [1.82, 2.24) is 9.55 Å². The van der Waals surface area contributed by atoms with Gasteiger partial charge in [0.15, 0.2) is 0 Å². The average molecular weight is 434 g/mol. The summed E-state index contributed by atoms with van der Waals surface area (Å²) >= 11 is 12.5. The monoisotopic (exact) mass is 433 g/mol. The molecule has 2 heterocycles. The van der Waals surface area contributed by atoms with Crippen molar-refractivity contribution in [2.45, 2.75) is 38.8 Å². The van der Waals surface area contributed by atoms with Crippen molar-refractivity contribution >= 4 is 40.0 Å². The van der Waals surface area contributed by atoms with Crippen molar-refractivity contribution in [3.8, 4) is 17.0 Å². The number of hydrogen-bond acceptors (Lipinski definition) is 4.